The molecule has 76 valence electrons. The zero-order valence-corrected chi connectivity index (χ0v) is 8.52. The molecule has 1 N–H and O–H groups in total. The van der Waals surface area contributed by atoms with Gasteiger partial charge < -0.3 is 5.32 Å². The molecule has 0 fully saturated rings. The van der Waals surface area contributed by atoms with Gasteiger partial charge in [0.1, 0.15) is 5.82 Å². The lowest BCUT2D eigenvalue weighted by molar-refractivity contribution is 0.488. The van der Waals surface area contributed by atoms with Crippen LogP contribution in [0.3, 0.4) is 0 Å². The summed E-state index contributed by atoms with van der Waals surface area (Å²) in [5.74, 6) is 0.572. The molecule has 1 aromatic rings. The molecule has 1 aromatic carbocycles. The van der Waals surface area contributed by atoms with Crippen LogP contribution in [-0.2, 0) is 6.42 Å². The highest BCUT2D eigenvalue weighted by Gasteiger charge is 2.17. The van der Waals surface area contributed by atoms with Gasteiger partial charge in [-0.1, -0.05) is 19.4 Å². The van der Waals surface area contributed by atoms with E-state index >= 15 is 0 Å². The van der Waals surface area contributed by atoms with Crippen molar-refractivity contribution in [2.24, 2.45) is 5.92 Å². The molecule has 0 saturated heterocycles. The molecule has 14 heavy (non-hydrogen) atoms. The maximum atomic E-state index is 12.9. The number of benzene rings is 1. The van der Waals surface area contributed by atoms with Crippen molar-refractivity contribution in [1.82, 2.24) is 0 Å². The average Bonchev–Trinajstić information content (AvgIpc) is 2.19. The molecule has 2 rings (SSSR count). The van der Waals surface area contributed by atoms with Gasteiger partial charge in [0.2, 0.25) is 0 Å². The summed E-state index contributed by atoms with van der Waals surface area (Å²) in [6, 6.07) is 5.05. The molecule has 1 unspecified atom stereocenters. The summed E-state index contributed by atoms with van der Waals surface area (Å²) in [6.07, 6.45) is 3.57. The van der Waals surface area contributed by atoms with E-state index in [9.17, 15) is 4.39 Å². The van der Waals surface area contributed by atoms with Crippen molar-refractivity contribution in [2.75, 3.05) is 11.9 Å². The van der Waals surface area contributed by atoms with E-state index < -0.39 is 0 Å². The molecule has 0 aromatic heterocycles. The second kappa shape index (κ2) is 3.99. The largest absolute Gasteiger partial charge is 0.384 e. The highest BCUT2D eigenvalue weighted by molar-refractivity contribution is 5.53. The molecule has 1 aliphatic rings. The first-order chi connectivity index (χ1) is 6.79. The Morgan fingerprint density at radius 1 is 1.50 bits per heavy atom. The lowest BCUT2D eigenvalue weighted by Gasteiger charge is -2.25. The Balaban J connectivity index is 2.15. The Labute approximate surface area is 84.3 Å². The van der Waals surface area contributed by atoms with Gasteiger partial charge in [-0.15, -0.1) is 0 Å². The molecular formula is C12H16FN. The molecule has 0 amide bonds. The van der Waals surface area contributed by atoms with Gasteiger partial charge in [-0.2, -0.15) is 0 Å². The van der Waals surface area contributed by atoms with Gasteiger partial charge in [0, 0.05) is 12.2 Å². The first kappa shape index (κ1) is 9.50. The zero-order chi connectivity index (χ0) is 9.97. The fourth-order valence-electron chi connectivity index (χ4n) is 2.14. The molecule has 0 saturated carbocycles. The number of halogens is 1. The lowest BCUT2D eigenvalue weighted by atomic mass is 9.91. The minimum atomic E-state index is -0.148. The third kappa shape index (κ3) is 1.89. The number of hydrogen-bond acceptors (Lipinski definition) is 1. The Morgan fingerprint density at radius 3 is 3.14 bits per heavy atom. The van der Waals surface area contributed by atoms with Crippen molar-refractivity contribution >= 4 is 5.69 Å². The monoisotopic (exact) mass is 193 g/mol. The van der Waals surface area contributed by atoms with Gasteiger partial charge in [-0.25, -0.2) is 4.39 Å². The van der Waals surface area contributed by atoms with Crippen LogP contribution in [0.15, 0.2) is 18.2 Å². The van der Waals surface area contributed by atoms with Crippen molar-refractivity contribution in [3.8, 4) is 0 Å². The number of rotatable bonds is 2. The molecule has 2 heteroatoms. The van der Waals surface area contributed by atoms with E-state index in [0.29, 0.717) is 0 Å². The molecule has 0 bridgehead atoms. The van der Waals surface area contributed by atoms with Crippen molar-refractivity contribution in [3.63, 3.8) is 0 Å². The highest BCUT2D eigenvalue weighted by Crippen LogP contribution is 2.27. The normalized spacial score (nSPS) is 20.0. The standard InChI is InChI=1S/C12H16FN/c1-2-3-9-6-10-4-5-11(13)7-12(10)14-8-9/h4-5,7,9,14H,2-3,6,8H2,1H3. The van der Waals surface area contributed by atoms with E-state index in [1.165, 1.54) is 18.4 Å². The van der Waals surface area contributed by atoms with Gasteiger partial charge in [0.25, 0.3) is 0 Å². The summed E-state index contributed by atoms with van der Waals surface area (Å²) in [7, 11) is 0. The smallest absolute Gasteiger partial charge is 0.125 e. The summed E-state index contributed by atoms with van der Waals surface area (Å²) in [5, 5.41) is 3.30. The predicted molar refractivity (Wildman–Crippen MR) is 57.0 cm³/mol. The van der Waals surface area contributed by atoms with Gasteiger partial charge in [0.05, 0.1) is 0 Å². The van der Waals surface area contributed by atoms with E-state index in [1.807, 2.05) is 6.07 Å². The van der Waals surface area contributed by atoms with Crippen molar-refractivity contribution in [2.45, 2.75) is 26.2 Å². The van der Waals surface area contributed by atoms with Gasteiger partial charge in [0.15, 0.2) is 0 Å². The van der Waals surface area contributed by atoms with Gasteiger partial charge >= 0.3 is 0 Å². The second-order valence-corrected chi connectivity index (χ2v) is 4.04. The Bertz CT molecular complexity index is 322. The van der Waals surface area contributed by atoms with E-state index in [0.717, 1.165) is 24.6 Å². The molecular weight excluding hydrogens is 177 g/mol. The van der Waals surface area contributed by atoms with Crippen LogP contribution in [0.2, 0.25) is 0 Å². The summed E-state index contributed by atoms with van der Waals surface area (Å²) in [5.41, 5.74) is 2.24. The van der Waals surface area contributed by atoms with E-state index in [4.69, 9.17) is 0 Å². The first-order valence-electron chi connectivity index (χ1n) is 5.32. The Hall–Kier alpha value is -1.05. The van der Waals surface area contributed by atoms with Crippen LogP contribution in [0, 0.1) is 11.7 Å². The molecule has 0 radical (unpaired) electrons. The van der Waals surface area contributed by atoms with Crippen molar-refractivity contribution < 1.29 is 4.39 Å². The summed E-state index contributed by atoms with van der Waals surface area (Å²) >= 11 is 0. The van der Waals surface area contributed by atoms with Crippen LogP contribution < -0.4 is 5.32 Å². The van der Waals surface area contributed by atoms with Crippen LogP contribution in [0.5, 0.6) is 0 Å². The Morgan fingerprint density at radius 2 is 2.36 bits per heavy atom. The van der Waals surface area contributed by atoms with Gasteiger partial charge in [-0.05, 0) is 36.5 Å². The highest BCUT2D eigenvalue weighted by atomic mass is 19.1. The fraction of sp³-hybridized carbons (Fsp3) is 0.500. The molecule has 1 atom stereocenters. The Kier molecular flexibility index (Phi) is 2.71. The number of fused-ring (bicyclic) bond motifs is 1. The fourth-order valence-corrected chi connectivity index (χ4v) is 2.14. The predicted octanol–water partition coefficient (Wildman–Crippen LogP) is 3.21. The van der Waals surface area contributed by atoms with Crippen LogP contribution in [0.1, 0.15) is 25.3 Å². The van der Waals surface area contributed by atoms with E-state index in [2.05, 4.69) is 12.2 Å². The maximum absolute atomic E-state index is 12.9. The van der Waals surface area contributed by atoms with Crippen LogP contribution >= 0.6 is 0 Å². The third-order valence-electron chi connectivity index (χ3n) is 2.86. The first-order valence-corrected chi connectivity index (χ1v) is 5.32. The lowest BCUT2D eigenvalue weighted by Crippen LogP contribution is -2.22. The molecule has 0 aliphatic carbocycles. The number of nitrogens with one attached hydrogen (secondary N) is 1. The second-order valence-electron chi connectivity index (χ2n) is 4.04. The molecule has 1 heterocycles. The summed E-state index contributed by atoms with van der Waals surface area (Å²) in [6.45, 7) is 3.20. The SMILES string of the molecule is CCCC1CNc2cc(F)ccc2C1. The number of anilines is 1. The molecule has 0 spiro atoms. The average molecular weight is 193 g/mol. The van der Waals surface area contributed by atoms with Crippen molar-refractivity contribution in [3.05, 3.63) is 29.6 Å². The summed E-state index contributed by atoms with van der Waals surface area (Å²) < 4.78 is 12.9. The van der Waals surface area contributed by atoms with E-state index in [1.54, 1.807) is 12.1 Å². The molecule has 1 nitrogen and oxygen atoms in total. The third-order valence-corrected chi connectivity index (χ3v) is 2.86. The van der Waals surface area contributed by atoms with Gasteiger partial charge in [-0.3, -0.25) is 0 Å². The minimum absolute atomic E-state index is 0.148. The topological polar surface area (TPSA) is 12.0 Å². The minimum Gasteiger partial charge on any atom is -0.384 e. The molecule has 1 aliphatic heterocycles. The van der Waals surface area contributed by atoms with Crippen LogP contribution in [0.25, 0.3) is 0 Å². The quantitative estimate of drug-likeness (QED) is 0.760. The van der Waals surface area contributed by atoms with E-state index in [-0.39, 0.29) is 5.82 Å². The number of hydrogen-bond donors (Lipinski definition) is 1. The van der Waals surface area contributed by atoms with Crippen LogP contribution in [0.4, 0.5) is 10.1 Å². The van der Waals surface area contributed by atoms with Crippen molar-refractivity contribution in [1.29, 1.82) is 0 Å². The zero-order valence-electron chi connectivity index (χ0n) is 8.52. The summed E-state index contributed by atoms with van der Waals surface area (Å²) in [4.78, 5) is 0. The maximum Gasteiger partial charge on any atom is 0.125 e. The van der Waals surface area contributed by atoms with Crippen LogP contribution in [-0.4, -0.2) is 6.54 Å².